The quantitative estimate of drug-likeness (QED) is 0.0171. The smallest absolute Gasteiger partial charge is 0.462 e. The Bertz CT molecular complexity index is 1120. The first-order valence-corrected chi connectivity index (χ1v) is 23.3. The number of esters is 2. The first-order valence-electron chi connectivity index (χ1n) is 21.8. The maximum atomic E-state index is 12.6. The second-order valence-electron chi connectivity index (χ2n) is 14.7. The number of allylic oxidation sites excluding steroid dienone is 7. The van der Waals surface area contributed by atoms with Gasteiger partial charge in [-0.1, -0.05) is 127 Å². The van der Waals surface area contributed by atoms with Gasteiger partial charge in [-0.25, -0.2) is 4.57 Å². The van der Waals surface area contributed by atoms with Crippen molar-refractivity contribution in [3.05, 3.63) is 48.6 Å². The van der Waals surface area contributed by atoms with Crippen molar-refractivity contribution < 1.29 is 58.0 Å². The summed E-state index contributed by atoms with van der Waals surface area (Å²) in [5.74, 6) is -1.22. The molecule has 3 unspecified atom stereocenters. The molecule has 5 N–H and O–H groups in total. The number of ether oxygens (including phenoxy) is 2. The Labute approximate surface area is 344 Å². The average molecular weight is 831 g/mol. The van der Waals surface area contributed by atoms with Gasteiger partial charge < -0.3 is 34.8 Å². The van der Waals surface area contributed by atoms with E-state index >= 15 is 0 Å². The Morgan fingerprint density at radius 1 is 0.579 bits per heavy atom. The van der Waals surface area contributed by atoms with Crippen LogP contribution in [0.3, 0.4) is 0 Å². The Morgan fingerprint density at radius 2 is 1.07 bits per heavy atom. The normalized spacial score (nSPS) is 15.4. The van der Waals surface area contributed by atoms with Gasteiger partial charge in [0.1, 0.15) is 12.7 Å². The molecule has 332 valence electrons. The average Bonchev–Trinajstić information content (AvgIpc) is 3.19. The maximum Gasteiger partial charge on any atom is 0.472 e. The minimum absolute atomic E-state index is 0.131. The topological polar surface area (TPSA) is 189 Å². The van der Waals surface area contributed by atoms with Crippen molar-refractivity contribution in [2.24, 2.45) is 0 Å². The second-order valence-corrected chi connectivity index (χ2v) is 16.1. The van der Waals surface area contributed by atoms with Gasteiger partial charge in [-0.3, -0.25) is 18.6 Å². The van der Waals surface area contributed by atoms with Gasteiger partial charge in [0.15, 0.2) is 6.10 Å². The third kappa shape index (κ3) is 37.8. The molecule has 0 rings (SSSR count). The van der Waals surface area contributed by atoms with E-state index in [1.54, 1.807) is 0 Å². The largest absolute Gasteiger partial charge is 0.472 e. The number of hydrogen-bond donors (Lipinski definition) is 5. The number of phosphoric acid groups is 1. The van der Waals surface area contributed by atoms with Gasteiger partial charge in [0.2, 0.25) is 0 Å². The van der Waals surface area contributed by atoms with Crippen molar-refractivity contribution in [3.63, 3.8) is 0 Å². The van der Waals surface area contributed by atoms with Crippen LogP contribution in [0.2, 0.25) is 0 Å². The second kappa shape index (κ2) is 39.3. The molecular formula is C44H79O12P. The lowest BCUT2D eigenvalue weighted by molar-refractivity contribution is -0.161. The van der Waals surface area contributed by atoms with Crippen LogP contribution in [0.4, 0.5) is 0 Å². The zero-order valence-corrected chi connectivity index (χ0v) is 36.2. The number of carbonyl (C=O) groups excluding carboxylic acids is 2. The molecule has 0 heterocycles. The van der Waals surface area contributed by atoms with E-state index in [1.807, 2.05) is 12.2 Å². The summed E-state index contributed by atoms with van der Waals surface area (Å²) in [5, 5.41) is 39.0. The number of aliphatic hydroxyl groups excluding tert-OH is 4. The molecule has 5 atom stereocenters. The van der Waals surface area contributed by atoms with Crippen molar-refractivity contribution >= 4 is 19.8 Å². The predicted octanol–water partition coefficient (Wildman–Crippen LogP) is 9.28. The van der Waals surface area contributed by atoms with Crippen LogP contribution in [-0.2, 0) is 32.7 Å². The number of carbonyl (C=O) groups is 2. The van der Waals surface area contributed by atoms with Gasteiger partial charge in [0, 0.05) is 12.8 Å². The summed E-state index contributed by atoms with van der Waals surface area (Å²) in [6.45, 7) is 1.99. The molecule has 57 heavy (non-hydrogen) atoms. The Hall–Kier alpha value is -2.15. The minimum atomic E-state index is -4.70. The van der Waals surface area contributed by atoms with E-state index in [1.165, 1.54) is 64.2 Å². The van der Waals surface area contributed by atoms with E-state index in [0.29, 0.717) is 6.42 Å². The number of aliphatic hydroxyl groups is 4. The van der Waals surface area contributed by atoms with Crippen LogP contribution in [0, 0.1) is 0 Å². The third-order valence-corrected chi connectivity index (χ3v) is 10.1. The number of phosphoric ester groups is 1. The van der Waals surface area contributed by atoms with E-state index in [0.717, 1.165) is 51.4 Å². The van der Waals surface area contributed by atoms with Crippen LogP contribution in [0.1, 0.15) is 168 Å². The van der Waals surface area contributed by atoms with Crippen LogP contribution in [0.5, 0.6) is 0 Å². The molecule has 0 saturated carbocycles. The fraction of sp³-hybridized carbons (Fsp3) is 0.773. The molecule has 0 aliphatic heterocycles. The molecule has 0 bridgehead atoms. The summed E-state index contributed by atoms with van der Waals surface area (Å²) in [7, 11) is -4.70. The van der Waals surface area contributed by atoms with Crippen molar-refractivity contribution in [1.29, 1.82) is 0 Å². The molecule has 0 saturated heterocycles. The standard InChI is InChI=1S/C44H79O12P/c1-3-5-7-9-11-13-15-17-18-19-21-23-25-27-29-33-43(49)53-37-40(38-55-57(51,52)54-36-39(46)35-45)56-44(50)34-30-32-42(48)41(47)31-28-26-24-22-20-16-14-12-10-8-6-4-2/h12-15,20,22,26,28,39-42,45-48H,3-11,16-19,21,23-25,27,29-38H2,1-2H3,(H,51,52)/b14-12-,15-13-,22-20-,28-26-/t39-,40+,41?,42?/m0/s1. The highest BCUT2D eigenvalue weighted by atomic mass is 31.2. The van der Waals surface area contributed by atoms with Gasteiger partial charge >= 0.3 is 19.8 Å². The number of unbranched alkanes of at least 4 members (excludes halogenated alkanes) is 14. The Balaban J connectivity index is 4.56. The number of rotatable bonds is 40. The van der Waals surface area contributed by atoms with Crippen LogP contribution in [0.25, 0.3) is 0 Å². The lowest BCUT2D eigenvalue weighted by atomic mass is 10.0. The Kier molecular flexibility index (Phi) is 37.8. The van der Waals surface area contributed by atoms with Crippen molar-refractivity contribution in [3.8, 4) is 0 Å². The van der Waals surface area contributed by atoms with Crippen molar-refractivity contribution in [2.75, 3.05) is 26.4 Å². The summed E-state index contributed by atoms with van der Waals surface area (Å²) in [5.41, 5.74) is 0. The van der Waals surface area contributed by atoms with Crippen LogP contribution in [0.15, 0.2) is 48.6 Å². The molecule has 0 amide bonds. The van der Waals surface area contributed by atoms with Crippen LogP contribution >= 0.6 is 7.82 Å². The molecule has 0 fully saturated rings. The zero-order chi connectivity index (χ0) is 42.2. The van der Waals surface area contributed by atoms with E-state index in [-0.39, 0.29) is 32.1 Å². The lowest BCUT2D eigenvalue weighted by Gasteiger charge is -2.20. The lowest BCUT2D eigenvalue weighted by Crippen LogP contribution is -2.30. The highest BCUT2D eigenvalue weighted by Gasteiger charge is 2.27. The third-order valence-electron chi connectivity index (χ3n) is 9.16. The van der Waals surface area contributed by atoms with Gasteiger partial charge in [0.05, 0.1) is 32.0 Å². The molecular weight excluding hydrogens is 751 g/mol. The zero-order valence-electron chi connectivity index (χ0n) is 35.3. The molecule has 0 spiro atoms. The molecule has 0 aliphatic rings. The molecule has 0 aliphatic carbocycles. The highest BCUT2D eigenvalue weighted by Crippen LogP contribution is 2.43. The maximum absolute atomic E-state index is 12.6. The van der Waals surface area contributed by atoms with Gasteiger partial charge in [-0.15, -0.1) is 0 Å². The summed E-state index contributed by atoms with van der Waals surface area (Å²) in [6, 6.07) is 0. The van der Waals surface area contributed by atoms with Gasteiger partial charge in [-0.2, -0.15) is 0 Å². The first-order chi connectivity index (χ1) is 27.5. The summed E-state index contributed by atoms with van der Waals surface area (Å²) >= 11 is 0. The Morgan fingerprint density at radius 3 is 1.70 bits per heavy atom. The summed E-state index contributed by atoms with van der Waals surface area (Å²) in [4.78, 5) is 35.0. The fourth-order valence-electron chi connectivity index (χ4n) is 5.62. The SMILES string of the molecule is CCCCC/C=C\C/C=C\C/C=C\CC(O)C(O)CCCC(=O)O[C@H](COC(=O)CCCCCCCCC/C=C\CCCCCC)COP(=O)(O)OC[C@@H](O)CO. The molecule has 0 aromatic heterocycles. The van der Waals surface area contributed by atoms with Gasteiger partial charge in [0.25, 0.3) is 0 Å². The molecule has 0 aromatic carbocycles. The monoisotopic (exact) mass is 831 g/mol. The minimum Gasteiger partial charge on any atom is -0.462 e. The molecule has 0 aromatic rings. The highest BCUT2D eigenvalue weighted by molar-refractivity contribution is 7.47. The molecule has 0 radical (unpaired) electrons. The first kappa shape index (κ1) is 54.9. The summed E-state index contributed by atoms with van der Waals surface area (Å²) in [6.07, 6.45) is 33.8. The van der Waals surface area contributed by atoms with Gasteiger partial charge in [-0.05, 0) is 77.0 Å². The van der Waals surface area contributed by atoms with E-state index in [9.17, 15) is 34.4 Å². The van der Waals surface area contributed by atoms with E-state index < -0.39 is 70.6 Å². The van der Waals surface area contributed by atoms with Crippen molar-refractivity contribution in [1.82, 2.24) is 0 Å². The van der Waals surface area contributed by atoms with Crippen molar-refractivity contribution in [2.45, 2.75) is 192 Å². The fourth-order valence-corrected chi connectivity index (χ4v) is 6.41. The number of hydrogen-bond acceptors (Lipinski definition) is 11. The van der Waals surface area contributed by atoms with E-state index in [4.69, 9.17) is 19.1 Å². The molecule has 13 heteroatoms. The predicted molar refractivity (Wildman–Crippen MR) is 226 cm³/mol. The van der Waals surface area contributed by atoms with E-state index in [2.05, 4.69) is 54.8 Å². The summed E-state index contributed by atoms with van der Waals surface area (Å²) < 4.78 is 32.5. The van der Waals surface area contributed by atoms with Crippen LogP contribution < -0.4 is 0 Å². The van der Waals surface area contributed by atoms with Crippen LogP contribution in [-0.4, -0.2) is 88.1 Å². The molecule has 12 nitrogen and oxygen atoms in total.